The summed E-state index contributed by atoms with van der Waals surface area (Å²) in [5, 5.41) is 6.18. The highest BCUT2D eigenvalue weighted by molar-refractivity contribution is 5.98. The van der Waals surface area contributed by atoms with Crippen LogP contribution in [0.3, 0.4) is 0 Å². The number of benzene rings is 1. The lowest BCUT2D eigenvalue weighted by Gasteiger charge is -2.16. The highest BCUT2D eigenvalue weighted by Crippen LogP contribution is 2.24. The average molecular weight is 424 g/mol. The Kier molecular flexibility index (Phi) is 6.61. The van der Waals surface area contributed by atoms with E-state index in [4.69, 9.17) is 5.73 Å². The molecule has 160 valence electrons. The number of amides is 2. The Bertz CT molecular complexity index is 1090. The number of pyridine rings is 2. The van der Waals surface area contributed by atoms with Gasteiger partial charge >= 0.3 is 6.09 Å². The van der Waals surface area contributed by atoms with Gasteiger partial charge in [0, 0.05) is 43.4 Å². The van der Waals surface area contributed by atoms with Crippen molar-refractivity contribution in [1.82, 2.24) is 9.97 Å². The monoisotopic (exact) mass is 424 g/mol. The Morgan fingerprint density at radius 3 is 2.55 bits per heavy atom. The molecule has 2 aromatic heterocycles. The van der Waals surface area contributed by atoms with Gasteiger partial charge < -0.3 is 21.1 Å². The summed E-state index contributed by atoms with van der Waals surface area (Å²) < 4.78 is 18.0. The number of anilines is 4. The number of ether oxygens (including phenoxy) is 1. The predicted octanol–water partition coefficient (Wildman–Crippen LogP) is 3.27. The smallest absolute Gasteiger partial charge is 0.413 e. The Hall–Kier alpha value is -4.21. The van der Waals surface area contributed by atoms with Crippen molar-refractivity contribution in [3.8, 4) is 0 Å². The van der Waals surface area contributed by atoms with Crippen LogP contribution in [0, 0.1) is 5.82 Å². The first-order valence-corrected chi connectivity index (χ1v) is 9.19. The van der Waals surface area contributed by atoms with Gasteiger partial charge in [-0.15, -0.1) is 0 Å². The van der Waals surface area contributed by atoms with Gasteiger partial charge in [-0.25, -0.2) is 14.2 Å². The van der Waals surface area contributed by atoms with Crippen molar-refractivity contribution in [3.05, 3.63) is 71.9 Å². The van der Waals surface area contributed by atoms with Gasteiger partial charge in [0.25, 0.3) is 5.91 Å². The van der Waals surface area contributed by atoms with Crippen molar-refractivity contribution >= 4 is 34.9 Å². The second kappa shape index (κ2) is 9.53. The fourth-order valence-electron chi connectivity index (χ4n) is 2.77. The van der Waals surface area contributed by atoms with E-state index in [0.717, 1.165) is 6.20 Å². The van der Waals surface area contributed by atoms with E-state index < -0.39 is 17.8 Å². The maximum atomic E-state index is 13.3. The van der Waals surface area contributed by atoms with E-state index in [1.807, 2.05) is 0 Å². The fourth-order valence-corrected chi connectivity index (χ4v) is 2.77. The Morgan fingerprint density at radius 2 is 1.90 bits per heavy atom. The first kappa shape index (κ1) is 21.5. The third kappa shape index (κ3) is 5.44. The molecule has 3 aromatic rings. The largest absolute Gasteiger partial charge is 0.452 e. The van der Waals surface area contributed by atoms with Crippen LogP contribution in [0.25, 0.3) is 0 Å². The lowest BCUT2D eigenvalue weighted by Crippen LogP contribution is -2.25. The highest BCUT2D eigenvalue weighted by atomic mass is 19.1. The quantitative estimate of drug-likeness (QED) is 0.532. The van der Waals surface area contributed by atoms with E-state index in [1.165, 1.54) is 30.5 Å². The number of nitrogens with zero attached hydrogens (tertiary/aromatic N) is 3. The molecule has 0 aliphatic carbocycles. The molecule has 0 fully saturated rings. The minimum absolute atomic E-state index is 0.199. The van der Waals surface area contributed by atoms with Crippen LogP contribution in [0.4, 0.5) is 32.1 Å². The molecule has 0 aliphatic rings. The summed E-state index contributed by atoms with van der Waals surface area (Å²) in [5.41, 5.74) is 8.04. The zero-order valence-electron chi connectivity index (χ0n) is 16.9. The molecule has 0 radical (unpaired) electrons. The van der Waals surface area contributed by atoms with Gasteiger partial charge in [0.05, 0.1) is 24.6 Å². The van der Waals surface area contributed by atoms with Crippen LogP contribution in [-0.4, -0.2) is 36.1 Å². The number of hydrogen-bond donors (Lipinski definition) is 3. The number of aromatic nitrogens is 2. The number of hydrogen-bond acceptors (Lipinski definition) is 7. The molecule has 1 aromatic carbocycles. The molecule has 4 N–H and O–H groups in total. The SMILES string of the molecule is COC(=O)N(C)c1ccc(Nc2cc(NCc3cncc(F)c3)c(C(N)=O)cn2)cc1. The molecule has 10 heteroatoms. The molecular weight excluding hydrogens is 403 g/mol. The third-order valence-electron chi connectivity index (χ3n) is 4.39. The molecule has 0 atom stereocenters. The standard InChI is InChI=1S/C21H21FN6O3/c1-28(21(30)31-2)16-5-3-15(4-6-16)27-19-8-18(17(12-26-19)20(23)29)25-10-13-7-14(22)11-24-9-13/h3-9,11-12H,10H2,1-2H3,(H2,23,29)(H2,25,26,27). The van der Waals surface area contributed by atoms with Crippen molar-refractivity contribution in [1.29, 1.82) is 0 Å². The van der Waals surface area contributed by atoms with Crippen LogP contribution in [0.5, 0.6) is 0 Å². The van der Waals surface area contributed by atoms with Crippen molar-refractivity contribution in [2.24, 2.45) is 5.73 Å². The second-order valence-corrected chi connectivity index (χ2v) is 6.55. The summed E-state index contributed by atoms with van der Waals surface area (Å²) in [5.74, 6) is -0.638. The number of carbonyl (C=O) groups is 2. The number of nitrogens with one attached hydrogen (secondary N) is 2. The molecule has 0 bridgehead atoms. The van der Waals surface area contributed by atoms with E-state index >= 15 is 0 Å². The zero-order chi connectivity index (χ0) is 22.4. The Labute approximate surface area is 178 Å². The molecule has 3 rings (SSSR count). The van der Waals surface area contributed by atoms with Crippen molar-refractivity contribution in [3.63, 3.8) is 0 Å². The number of nitrogens with two attached hydrogens (primary N) is 1. The van der Waals surface area contributed by atoms with Gasteiger partial charge in [-0.2, -0.15) is 0 Å². The normalized spacial score (nSPS) is 10.3. The molecule has 0 saturated heterocycles. The highest BCUT2D eigenvalue weighted by Gasteiger charge is 2.12. The Morgan fingerprint density at radius 1 is 1.16 bits per heavy atom. The zero-order valence-corrected chi connectivity index (χ0v) is 16.9. The molecule has 0 spiro atoms. The molecular formula is C21H21FN6O3. The Balaban J connectivity index is 1.76. The minimum atomic E-state index is -0.644. The first-order valence-electron chi connectivity index (χ1n) is 9.19. The topological polar surface area (TPSA) is 122 Å². The van der Waals surface area contributed by atoms with Gasteiger partial charge in [0.1, 0.15) is 11.6 Å². The summed E-state index contributed by atoms with van der Waals surface area (Å²) >= 11 is 0. The van der Waals surface area contributed by atoms with E-state index in [-0.39, 0.29) is 12.1 Å². The first-order chi connectivity index (χ1) is 14.9. The summed E-state index contributed by atoms with van der Waals surface area (Å²) in [6.07, 6.45) is 3.51. The maximum absolute atomic E-state index is 13.3. The van der Waals surface area contributed by atoms with E-state index in [2.05, 4.69) is 25.3 Å². The second-order valence-electron chi connectivity index (χ2n) is 6.55. The molecule has 0 saturated carbocycles. The third-order valence-corrected chi connectivity index (χ3v) is 4.39. The van der Waals surface area contributed by atoms with Gasteiger partial charge in [0.2, 0.25) is 0 Å². The van der Waals surface area contributed by atoms with E-state index in [9.17, 15) is 14.0 Å². The summed E-state index contributed by atoms with van der Waals surface area (Å²) in [7, 11) is 2.91. The summed E-state index contributed by atoms with van der Waals surface area (Å²) in [6, 6.07) is 9.99. The van der Waals surface area contributed by atoms with Crippen LogP contribution in [0.15, 0.2) is 55.0 Å². The van der Waals surface area contributed by atoms with Crippen molar-refractivity contribution in [2.45, 2.75) is 6.54 Å². The van der Waals surface area contributed by atoms with Gasteiger partial charge in [-0.1, -0.05) is 0 Å². The minimum Gasteiger partial charge on any atom is -0.452 e. The molecule has 2 heterocycles. The number of halogens is 1. The molecule has 31 heavy (non-hydrogen) atoms. The van der Waals surface area contributed by atoms with Crippen LogP contribution in [-0.2, 0) is 11.3 Å². The maximum Gasteiger partial charge on any atom is 0.413 e. The molecule has 0 unspecified atom stereocenters. The molecule has 2 amide bonds. The van der Waals surface area contributed by atoms with E-state index in [0.29, 0.717) is 28.4 Å². The van der Waals surface area contributed by atoms with Crippen molar-refractivity contribution < 1.29 is 18.7 Å². The fraction of sp³-hybridized carbons (Fsp3) is 0.143. The van der Waals surface area contributed by atoms with Gasteiger partial charge in [-0.05, 0) is 35.9 Å². The predicted molar refractivity (Wildman–Crippen MR) is 115 cm³/mol. The lowest BCUT2D eigenvalue weighted by atomic mass is 10.2. The average Bonchev–Trinajstić information content (AvgIpc) is 2.77. The summed E-state index contributed by atoms with van der Waals surface area (Å²) in [6.45, 7) is 0.239. The van der Waals surface area contributed by atoms with Gasteiger partial charge in [-0.3, -0.25) is 14.7 Å². The molecule has 0 aliphatic heterocycles. The van der Waals surface area contributed by atoms with Gasteiger partial charge in [0.15, 0.2) is 0 Å². The molecule has 9 nitrogen and oxygen atoms in total. The number of rotatable bonds is 7. The summed E-state index contributed by atoms with van der Waals surface area (Å²) in [4.78, 5) is 32.7. The number of methoxy groups -OCH3 is 1. The number of carbonyl (C=O) groups excluding carboxylic acids is 2. The van der Waals surface area contributed by atoms with E-state index in [1.54, 1.807) is 37.4 Å². The number of primary amides is 1. The van der Waals surface area contributed by atoms with Crippen molar-refractivity contribution in [2.75, 3.05) is 29.7 Å². The van der Waals surface area contributed by atoms with Crippen LogP contribution < -0.4 is 21.3 Å². The lowest BCUT2D eigenvalue weighted by molar-refractivity contribution is 0.100. The van der Waals surface area contributed by atoms with Crippen LogP contribution in [0.2, 0.25) is 0 Å². The van der Waals surface area contributed by atoms with Crippen LogP contribution in [0.1, 0.15) is 15.9 Å². The van der Waals surface area contributed by atoms with Crippen LogP contribution >= 0.6 is 0 Å².